The SMILES string of the molecule is CCNC(=NCc1ccccc1COCc1ccccc1)NCCCOC. The van der Waals surface area contributed by atoms with Crippen LogP contribution in [0, 0.1) is 0 Å². The van der Waals surface area contributed by atoms with Crippen molar-refractivity contribution in [2.24, 2.45) is 4.99 Å². The Kier molecular flexibility index (Phi) is 10.0. The largest absolute Gasteiger partial charge is 0.385 e. The Hall–Kier alpha value is -2.37. The number of ether oxygens (including phenoxy) is 2. The van der Waals surface area contributed by atoms with Crippen LogP contribution in [-0.2, 0) is 29.2 Å². The van der Waals surface area contributed by atoms with Gasteiger partial charge < -0.3 is 20.1 Å². The van der Waals surface area contributed by atoms with Gasteiger partial charge in [-0.2, -0.15) is 0 Å². The second kappa shape index (κ2) is 12.9. The molecule has 0 aliphatic rings. The van der Waals surface area contributed by atoms with Gasteiger partial charge in [-0.05, 0) is 30.0 Å². The number of guanidine groups is 1. The molecule has 5 nitrogen and oxygen atoms in total. The molecule has 0 saturated carbocycles. The van der Waals surface area contributed by atoms with Crippen molar-refractivity contribution in [3.8, 4) is 0 Å². The number of hydrogen-bond donors (Lipinski definition) is 2. The van der Waals surface area contributed by atoms with E-state index in [0.29, 0.717) is 19.8 Å². The number of hydrogen-bond acceptors (Lipinski definition) is 3. The van der Waals surface area contributed by atoms with Crippen LogP contribution in [0.4, 0.5) is 0 Å². The van der Waals surface area contributed by atoms with Crippen molar-refractivity contribution in [2.75, 3.05) is 26.8 Å². The van der Waals surface area contributed by atoms with Crippen molar-refractivity contribution in [2.45, 2.75) is 33.1 Å². The summed E-state index contributed by atoms with van der Waals surface area (Å²) in [4.78, 5) is 4.71. The van der Waals surface area contributed by atoms with Crippen molar-refractivity contribution < 1.29 is 9.47 Å². The molecular weight excluding hydrogens is 338 g/mol. The maximum absolute atomic E-state index is 5.90. The summed E-state index contributed by atoms with van der Waals surface area (Å²) in [6.07, 6.45) is 0.949. The van der Waals surface area contributed by atoms with Gasteiger partial charge in [-0.3, -0.25) is 0 Å². The smallest absolute Gasteiger partial charge is 0.191 e. The Bertz CT molecular complexity index is 674. The molecule has 2 rings (SSSR count). The highest BCUT2D eigenvalue weighted by Gasteiger charge is 2.03. The highest BCUT2D eigenvalue weighted by molar-refractivity contribution is 5.79. The second-order valence-corrected chi connectivity index (χ2v) is 6.22. The summed E-state index contributed by atoms with van der Waals surface area (Å²) in [5, 5.41) is 6.62. The first-order valence-electron chi connectivity index (χ1n) is 9.53. The van der Waals surface area contributed by atoms with Crippen molar-refractivity contribution >= 4 is 5.96 Å². The summed E-state index contributed by atoms with van der Waals surface area (Å²) in [7, 11) is 1.72. The molecule has 0 fully saturated rings. The van der Waals surface area contributed by atoms with E-state index >= 15 is 0 Å². The van der Waals surface area contributed by atoms with Gasteiger partial charge in [-0.15, -0.1) is 0 Å². The van der Waals surface area contributed by atoms with E-state index in [2.05, 4.69) is 41.8 Å². The van der Waals surface area contributed by atoms with Crippen LogP contribution in [0.25, 0.3) is 0 Å². The Morgan fingerprint density at radius 3 is 2.41 bits per heavy atom. The summed E-state index contributed by atoms with van der Waals surface area (Å²) in [6, 6.07) is 18.5. The summed E-state index contributed by atoms with van der Waals surface area (Å²) in [5.74, 6) is 0.827. The van der Waals surface area contributed by atoms with E-state index in [9.17, 15) is 0 Å². The van der Waals surface area contributed by atoms with Gasteiger partial charge in [0.1, 0.15) is 0 Å². The third kappa shape index (κ3) is 8.24. The standard InChI is InChI=1S/C22H31N3O2/c1-3-23-22(24-14-9-15-26-2)25-16-20-12-7-8-13-21(20)18-27-17-19-10-5-4-6-11-19/h4-8,10-13H,3,9,14-18H2,1-2H3,(H2,23,24,25). The van der Waals surface area contributed by atoms with E-state index in [0.717, 1.165) is 32.1 Å². The molecule has 0 unspecified atom stereocenters. The minimum absolute atomic E-state index is 0.582. The lowest BCUT2D eigenvalue weighted by atomic mass is 10.1. The maximum atomic E-state index is 5.90. The van der Waals surface area contributed by atoms with Crippen molar-refractivity contribution in [3.05, 3.63) is 71.3 Å². The summed E-state index contributed by atoms with van der Waals surface area (Å²) < 4.78 is 11.0. The number of benzene rings is 2. The van der Waals surface area contributed by atoms with Gasteiger partial charge in [0.15, 0.2) is 5.96 Å². The molecule has 0 bridgehead atoms. The fraction of sp³-hybridized carbons (Fsp3) is 0.409. The van der Waals surface area contributed by atoms with E-state index in [1.807, 2.05) is 30.3 Å². The first-order chi connectivity index (χ1) is 13.3. The quantitative estimate of drug-likeness (QED) is 0.362. The van der Waals surface area contributed by atoms with Gasteiger partial charge in [-0.1, -0.05) is 54.6 Å². The first kappa shape index (κ1) is 20.9. The van der Waals surface area contributed by atoms with E-state index < -0.39 is 0 Å². The highest BCUT2D eigenvalue weighted by Crippen LogP contribution is 2.13. The highest BCUT2D eigenvalue weighted by atomic mass is 16.5. The first-order valence-corrected chi connectivity index (χ1v) is 9.53. The summed E-state index contributed by atoms with van der Waals surface area (Å²) in [5.41, 5.74) is 3.54. The molecular formula is C22H31N3O2. The van der Waals surface area contributed by atoms with E-state index in [-0.39, 0.29) is 0 Å². The zero-order chi connectivity index (χ0) is 19.2. The molecule has 0 aromatic heterocycles. The molecule has 0 amide bonds. The van der Waals surface area contributed by atoms with Crippen LogP contribution in [0.1, 0.15) is 30.0 Å². The molecule has 146 valence electrons. The van der Waals surface area contributed by atoms with Crippen LogP contribution in [0.3, 0.4) is 0 Å². The van der Waals surface area contributed by atoms with Gasteiger partial charge in [-0.25, -0.2) is 4.99 Å². The Morgan fingerprint density at radius 1 is 0.926 bits per heavy atom. The monoisotopic (exact) mass is 369 g/mol. The van der Waals surface area contributed by atoms with Crippen molar-refractivity contribution in [1.82, 2.24) is 10.6 Å². The minimum Gasteiger partial charge on any atom is -0.385 e. The number of rotatable bonds is 11. The molecule has 2 aromatic carbocycles. The Morgan fingerprint density at radius 2 is 1.67 bits per heavy atom. The number of aliphatic imine (C=N–C) groups is 1. The van der Waals surface area contributed by atoms with Crippen LogP contribution < -0.4 is 10.6 Å². The van der Waals surface area contributed by atoms with Crippen LogP contribution in [0.15, 0.2) is 59.6 Å². The lowest BCUT2D eigenvalue weighted by Gasteiger charge is -2.12. The summed E-state index contributed by atoms with van der Waals surface area (Å²) in [6.45, 7) is 6.29. The molecule has 2 aromatic rings. The van der Waals surface area contributed by atoms with Gasteiger partial charge >= 0.3 is 0 Å². The van der Waals surface area contributed by atoms with Crippen LogP contribution in [-0.4, -0.2) is 32.8 Å². The zero-order valence-corrected chi connectivity index (χ0v) is 16.4. The van der Waals surface area contributed by atoms with Gasteiger partial charge in [0.05, 0.1) is 19.8 Å². The Balaban J connectivity index is 1.90. The van der Waals surface area contributed by atoms with Gasteiger partial charge in [0.25, 0.3) is 0 Å². The molecule has 2 N–H and O–H groups in total. The minimum atomic E-state index is 0.582. The molecule has 0 spiro atoms. The third-order valence-corrected chi connectivity index (χ3v) is 4.06. The second-order valence-electron chi connectivity index (χ2n) is 6.22. The summed E-state index contributed by atoms with van der Waals surface area (Å²) >= 11 is 0. The maximum Gasteiger partial charge on any atom is 0.191 e. The fourth-order valence-electron chi connectivity index (χ4n) is 2.63. The number of methoxy groups -OCH3 is 1. The molecule has 0 radical (unpaired) electrons. The van der Waals surface area contributed by atoms with E-state index in [1.165, 1.54) is 16.7 Å². The molecule has 0 saturated heterocycles. The predicted octanol–water partition coefficient (Wildman–Crippen LogP) is 3.50. The van der Waals surface area contributed by atoms with Crippen molar-refractivity contribution in [1.29, 1.82) is 0 Å². The van der Waals surface area contributed by atoms with Gasteiger partial charge in [0, 0.05) is 26.8 Å². The molecule has 27 heavy (non-hydrogen) atoms. The lowest BCUT2D eigenvalue weighted by molar-refractivity contribution is 0.106. The molecule has 0 atom stereocenters. The number of nitrogens with zero attached hydrogens (tertiary/aromatic N) is 1. The van der Waals surface area contributed by atoms with Crippen LogP contribution in [0.5, 0.6) is 0 Å². The zero-order valence-electron chi connectivity index (χ0n) is 16.4. The number of nitrogens with one attached hydrogen (secondary N) is 2. The average molecular weight is 370 g/mol. The normalized spacial score (nSPS) is 11.4. The van der Waals surface area contributed by atoms with E-state index in [4.69, 9.17) is 14.5 Å². The van der Waals surface area contributed by atoms with Crippen LogP contribution >= 0.6 is 0 Å². The predicted molar refractivity (Wildman–Crippen MR) is 111 cm³/mol. The molecule has 0 aliphatic heterocycles. The van der Waals surface area contributed by atoms with Crippen molar-refractivity contribution in [3.63, 3.8) is 0 Å². The van der Waals surface area contributed by atoms with Gasteiger partial charge in [0.2, 0.25) is 0 Å². The topological polar surface area (TPSA) is 54.9 Å². The van der Waals surface area contributed by atoms with Crippen LogP contribution in [0.2, 0.25) is 0 Å². The molecule has 5 heteroatoms. The average Bonchev–Trinajstić information content (AvgIpc) is 2.71. The molecule has 0 aliphatic carbocycles. The van der Waals surface area contributed by atoms with E-state index in [1.54, 1.807) is 7.11 Å². The Labute approximate surface area is 162 Å². The fourth-order valence-corrected chi connectivity index (χ4v) is 2.63. The molecule has 0 heterocycles. The lowest BCUT2D eigenvalue weighted by Crippen LogP contribution is -2.38. The third-order valence-electron chi connectivity index (χ3n) is 4.06.